The SMILES string of the molecule is Cc1ccsc1-c1nc(Cl)c(-c2cccc(Br)c2)c(Cl)n1. The predicted octanol–water partition coefficient (Wildman–Crippen LogP) is 6.25. The molecule has 0 atom stereocenters. The van der Waals surface area contributed by atoms with Crippen molar-refractivity contribution >= 4 is 50.5 Å². The Balaban J connectivity index is 2.15. The lowest BCUT2D eigenvalue weighted by Crippen LogP contribution is -1.94. The quantitative estimate of drug-likeness (QED) is 0.476. The van der Waals surface area contributed by atoms with Crippen molar-refractivity contribution in [2.75, 3.05) is 0 Å². The number of benzene rings is 1. The molecule has 6 heteroatoms. The molecule has 0 aliphatic carbocycles. The average molecular weight is 400 g/mol. The predicted molar refractivity (Wildman–Crippen MR) is 93.2 cm³/mol. The first-order valence-electron chi connectivity index (χ1n) is 6.09. The Hall–Kier alpha value is -0.940. The van der Waals surface area contributed by atoms with E-state index in [2.05, 4.69) is 25.9 Å². The number of aryl methyl sites for hydroxylation is 1. The summed E-state index contributed by atoms with van der Waals surface area (Å²) in [6, 6.07) is 9.75. The molecule has 0 bridgehead atoms. The second-order valence-corrected chi connectivity index (χ2v) is 6.99. The molecule has 3 rings (SSSR count). The van der Waals surface area contributed by atoms with E-state index < -0.39 is 0 Å². The summed E-state index contributed by atoms with van der Waals surface area (Å²) in [6.45, 7) is 2.01. The Labute approximate surface area is 144 Å². The molecular weight excluding hydrogens is 391 g/mol. The van der Waals surface area contributed by atoms with Crippen LogP contribution in [0.5, 0.6) is 0 Å². The third-order valence-electron chi connectivity index (χ3n) is 3.00. The van der Waals surface area contributed by atoms with E-state index in [0.29, 0.717) is 21.7 Å². The van der Waals surface area contributed by atoms with E-state index in [0.717, 1.165) is 20.5 Å². The van der Waals surface area contributed by atoms with Gasteiger partial charge in [-0.25, -0.2) is 9.97 Å². The molecule has 0 amide bonds. The highest BCUT2D eigenvalue weighted by Crippen LogP contribution is 2.36. The summed E-state index contributed by atoms with van der Waals surface area (Å²) in [5, 5.41) is 2.71. The summed E-state index contributed by atoms with van der Waals surface area (Å²) in [5.41, 5.74) is 2.65. The summed E-state index contributed by atoms with van der Waals surface area (Å²) in [5.74, 6) is 0.566. The first-order chi connectivity index (χ1) is 10.1. The molecule has 2 heterocycles. The summed E-state index contributed by atoms with van der Waals surface area (Å²) >= 11 is 17.7. The molecule has 3 aromatic rings. The zero-order valence-corrected chi connectivity index (χ0v) is 14.8. The maximum Gasteiger partial charge on any atom is 0.172 e. The Morgan fingerprint density at radius 1 is 1.10 bits per heavy atom. The van der Waals surface area contributed by atoms with Gasteiger partial charge in [-0.15, -0.1) is 11.3 Å². The summed E-state index contributed by atoms with van der Waals surface area (Å²) in [7, 11) is 0. The molecule has 0 aliphatic rings. The van der Waals surface area contributed by atoms with Gasteiger partial charge in [0.2, 0.25) is 0 Å². The normalized spacial score (nSPS) is 10.9. The number of halogens is 3. The molecule has 0 saturated heterocycles. The van der Waals surface area contributed by atoms with Gasteiger partial charge in [0.05, 0.1) is 10.4 Å². The maximum absolute atomic E-state index is 6.34. The van der Waals surface area contributed by atoms with Crippen molar-refractivity contribution in [1.82, 2.24) is 9.97 Å². The molecule has 0 spiro atoms. The van der Waals surface area contributed by atoms with E-state index in [-0.39, 0.29) is 0 Å². The molecule has 21 heavy (non-hydrogen) atoms. The van der Waals surface area contributed by atoms with E-state index in [9.17, 15) is 0 Å². The molecule has 2 aromatic heterocycles. The van der Waals surface area contributed by atoms with Crippen LogP contribution in [0.1, 0.15) is 5.56 Å². The van der Waals surface area contributed by atoms with Crippen molar-refractivity contribution in [2.24, 2.45) is 0 Å². The second kappa shape index (κ2) is 6.05. The second-order valence-electron chi connectivity index (χ2n) is 4.45. The van der Waals surface area contributed by atoms with E-state index in [1.807, 2.05) is 42.6 Å². The van der Waals surface area contributed by atoms with Crippen LogP contribution in [-0.2, 0) is 0 Å². The van der Waals surface area contributed by atoms with Crippen LogP contribution < -0.4 is 0 Å². The standard InChI is InChI=1S/C15H9BrCl2N2S/c1-8-5-6-21-12(8)15-19-13(17)11(14(18)20-15)9-3-2-4-10(16)7-9/h2-7H,1H3. The molecule has 0 saturated carbocycles. The van der Waals surface area contributed by atoms with Gasteiger partial charge in [0.25, 0.3) is 0 Å². The number of thiophene rings is 1. The van der Waals surface area contributed by atoms with Crippen LogP contribution in [-0.4, -0.2) is 9.97 Å². The van der Waals surface area contributed by atoms with Gasteiger partial charge in [0.15, 0.2) is 5.82 Å². The van der Waals surface area contributed by atoms with E-state index in [1.54, 1.807) is 11.3 Å². The van der Waals surface area contributed by atoms with Gasteiger partial charge in [0.1, 0.15) is 10.3 Å². The first kappa shape index (κ1) is 15.0. The summed E-state index contributed by atoms with van der Waals surface area (Å²) < 4.78 is 0.949. The van der Waals surface area contributed by atoms with Crippen molar-refractivity contribution in [1.29, 1.82) is 0 Å². The van der Waals surface area contributed by atoms with Crippen LogP contribution in [0.3, 0.4) is 0 Å². The largest absolute Gasteiger partial charge is 0.215 e. The van der Waals surface area contributed by atoms with Crippen molar-refractivity contribution in [3.63, 3.8) is 0 Å². The fraction of sp³-hybridized carbons (Fsp3) is 0.0667. The first-order valence-corrected chi connectivity index (χ1v) is 8.52. The minimum absolute atomic E-state index is 0.357. The summed E-state index contributed by atoms with van der Waals surface area (Å²) in [4.78, 5) is 9.80. The van der Waals surface area contributed by atoms with Crippen LogP contribution >= 0.6 is 50.5 Å². The van der Waals surface area contributed by atoms with Crippen molar-refractivity contribution in [2.45, 2.75) is 6.92 Å². The molecule has 1 aromatic carbocycles. The van der Waals surface area contributed by atoms with Crippen LogP contribution in [0.15, 0.2) is 40.2 Å². The molecule has 0 N–H and O–H groups in total. The highest BCUT2D eigenvalue weighted by Gasteiger charge is 2.16. The third-order valence-corrected chi connectivity index (χ3v) is 5.05. The molecule has 0 radical (unpaired) electrons. The fourth-order valence-corrected chi connectivity index (χ4v) is 3.86. The van der Waals surface area contributed by atoms with Gasteiger partial charge in [0, 0.05) is 4.47 Å². The summed E-state index contributed by atoms with van der Waals surface area (Å²) in [6.07, 6.45) is 0. The minimum atomic E-state index is 0.357. The zero-order chi connectivity index (χ0) is 15.0. The van der Waals surface area contributed by atoms with Crippen molar-refractivity contribution < 1.29 is 0 Å². The monoisotopic (exact) mass is 398 g/mol. The van der Waals surface area contributed by atoms with Crippen LogP contribution in [0.4, 0.5) is 0 Å². The Morgan fingerprint density at radius 2 is 1.81 bits per heavy atom. The van der Waals surface area contributed by atoms with Crippen molar-refractivity contribution in [3.05, 3.63) is 56.1 Å². The lowest BCUT2D eigenvalue weighted by molar-refractivity contribution is 1.18. The lowest BCUT2D eigenvalue weighted by Gasteiger charge is -2.08. The van der Waals surface area contributed by atoms with Gasteiger partial charge in [-0.05, 0) is 41.6 Å². The topological polar surface area (TPSA) is 25.8 Å². The maximum atomic E-state index is 6.34. The highest BCUT2D eigenvalue weighted by molar-refractivity contribution is 9.10. The molecule has 0 unspecified atom stereocenters. The minimum Gasteiger partial charge on any atom is -0.215 e. The van der Waals surface area contributed by atoms with Gasteiger partial charge >= 0.3 is 0 Å². The van der Waals surface area contributed by atoms with E-state index >= 15 is 0 Å². The van der Waals surface area contributed by atoms with Crippen LogP contribution in [0, 0.1) is 6.92 Å². The lowest BCUT2D eigenvalue weighted by atomic mass is 10.1. The Kier molecular flexibility index (Phi) is 4.31. The molecular formula is C15H9BrCl2N2S. The molecule has 0 aliphatic heterocycles. The third kappa shape index (κ3) is 2.99. The van der Waals surface area contributed by atoms with Crippen LogP contribution in [0.25, 0.3) is 21.8 Å². The van der Waals surface area contributed by atoms with Gasteiger partial charge in [-0.1, -0.05) is 51.3 Å². The molecule has 0 fully saturated rings. The van der Waals surface area contributed by atoms with Gasteiger partial charge < -0.3 is 0 Å². The average Bonchev–Trinajstić information content (AvgIpc) is 2.84. The van der Waals surface area contributed by atoms with Crippen molar-refractivity contribution in [3.8, 4) is 21.8 Å². The Bertz CT molecular complexity index is 794. The van der Waals surface area contributed by atoms with E-state index in [4.69, 9.17) is 23.2 Å². The molecule has 106 valence electrons. The number of hydrogen-bond acceptors (Lipinski definition) is 3. The number of rotatable bonds is 2. The molecule has 2 nitrogen and oxygen atoms in total. The fourth-order valence-electron chi connectivity index (χ4n) is 1.99. The van der Waals surface area contributed by atoms with Gasteiger partial charge in [-0.2, -0.15) is 0 Å². The smallest absolute Gasteiger partial charge is 0.172 e. The highest BCUT2D eigenvalue weighted by atomic mass is 79.9. The Morgan fingerprint density at radius 3 is 2.38 bits per heavy atom. The van der Waals surface area contributed by atoms with E-state index in [1.165, 1.54) is 0 Å². The number of nitrogens with zero attached hydrogens (tertiary/aromatic N) is 2. The number of hydrogen-bond donors (Lipinski definition) is 0. The number of aromatic nitrogens is 2. The van der Waals surface area contributed by atoms with Gasteiger partial charge in [-0.3, -0.25) is 0 Å². The zero-order valence-electron chi connectivity index (χ0n) is 10.9. The van der Waals surface area contributed by atoms with Crippen LogP contribution in [0.2, 0.25) is 10.3 Å².